The molecule has 186 valence electrons. The minimum atomic E-state index is -0.218. The number of nitrogens with zero attached hydrogens (tertiary/aromatic N) is 3. The maximum absolute atomic E-state index is 13.1. The van der Waals surface area contributed by atoms with Crippen LogP contribution in [-0.4, -0.2) is 45.8 Å². The third-order valence-electron chi connectivity index (χ3n) is 6.33. The Morgan fingerprint density at radius 3 is 2.53 bits per heavy atom. The molecule has 0 radical (unpaired) electrons. The Kier molecular flexibility index (Phi) is 8.75. The number of aryl methyl sites for hydroxylation is 1. The van der Waals surface area contributed by atoms with Crippen LogP contribution < -0.4 is 10.6 Å². The van der Waals surface area contributed by atoms with E-state index in [4.69, 9.17) is 5.10 Å². The fourth-order valence-electron chi connectivity index (χ4n) is 4.26. The molecule has 1 aromatic heterocycles. The van der Waals surface area contributed by atoms with Crippen molar-refractivity contribution in [1.82, 2.24) is 20.0 Å². The van der Waals surface area contributed by atoms with Gasteiger partial charge in [-0.3, -0.25) is 4.79 Å². The molecule has 1 fully saturated rings. The summed E-state index contributed by atoms with van der Waals surface area (Å²) in [5.41, 5.74) is 2.74. The zero-order valence-corrected chi connectivity index (χ0v) is 21.5. The molecule has 0 saturated heterocycles. The van der Waals surface area contributed by atoms with Gasteiger partial charge in [-0.2, -0.15) is 5.10 Å². The highest BCUT2D eigenvalue weighted by atomic mass is 16.2. The Labute approximate surface area is 204 Å². The second-order valence-corrected chi connectivity index (χ2v) is 10.5. The number of carbonyl (C=O) groups excluding carboxylic acids is 2. The van der Waals surface area contributed by atoms with Crippen molar-refractivity contribution in [3.63, 3.8) is 0 Å². The summed E-state index contributed by atoms with van der Waals surface area (Å²) in [6, 6.07) is 10.0. The van der Waals surface area contributed by atoms with E-state index < -0.39 is 0 Å². The van der Waals surface area contributed by atoms with Gasteiger partial charge < -0.3 is 15.5 Å². The van der Waals surface area contributed by atoms with Gasteiger partial charge in [-0.05, 0) is 43.9 Å². The molecular weight excluding hydrogens is 426 g/mol. The number of urea groups is 1. The van der Waals surface area contributed by atoms with Crippen LogP contribution in [0.4, 0.5) is 10.6 Å². The van der Waals surface area contributed by atoms with Gasteiger partial charge in [0.1, 0.15) is 12.4 Å². The van der Waals surface area contributed by atoms with E-state index in [1.54, 1.807) is 9.58 Å². The number of unbranched alkanes of at least 4 members (excludes halogenated alkanes) is 1. The normalized spacial score (nSPS) is 14.6. The van der Waals surface area contributed by atoms with Crippen molar-refractivity contribution in [2.24, 2.45) is 0 Å². The molecule has 0 bridgehead atoms. The molecule has 7 heteroatoms. The van der Waals surface area contributed by atoms with Crippen LogP contribution in [0, 0.1) is 6.92 Å². The van der Waals surface area contributed by atoms with E-state index in [0.29, 0.717) is 12.4 Å². The van der Waals surface area contributed by atoms with Gasteiger partial charge in [0.05, 0.1) is 11.4 Å². The predicted octanol–water partition coefficient (Wildman–Crippen LogP) is 5.56. The number of anilines is 1. The lowest BCUT2D eigenvalue weighted by molar-refractivity contribution is -0.116. The number of rotatable bonds is 8. The first-order valence-electron chi connectivity index (χ1n) is 12.7. The number of hydrogen-bond acceptors (Lipinski definition) is 3. The van der Waals surface area contributed by atoms with Crippen molar-refractivity contribution >= 4 is 17.8 Å². The first kappa shape index (κ1) is 25.8. The summed E-state index contributed by atoms with van der Waals surface area (Å²) in [5.74, 6) is 0.396. The average molecular weight is 468 g/mol. The van der Waals surface area contributed by atoms with E-state index >= 15 is 0 Å². The quantitative estimate of drug-likeness (QED) is 0.533. The van der Waals surface area contributed by atoms with Crippen molar-refractivity contribution in [3.05, 3.63) is 41.6 Å². The Bertz CT molecular complexity index is 970. The van der Waals surface area contributed by atoms with E-state index in [2.05, 4.69) is 38.3 Å². The van der Waals surface area contributed by atoms with E-state index in [0.717, 1.165) is 55.5 Å². The Balaban J connectivity index is 1.76. The van der Waals surface area contributed by atoms with Crippen LogP contribution in [-0.2, 0) is 10.2 Å². The Hall–Kier alpha value is -2.83. The zero-order valence-electron chi connectivity index (χ0n) is 21.5. The predicted molar refractivity (Wildman–Crippen MR) is 138 cm³/mol. The lowest BCUT2D eigenvalue weighted by Crippen LogP contribution is -2.48. The molecule has 7 nitrogen and oxygen atoms in total. The molecule has 1 aliphatic rings. The van der Waals surface area contributed by atoms with Gasteiger partial charge in [0, 0.05) is 24.1 Å². The van der Waals surface area contributed by atoms with Gasteiger partial charge in [-0.15, -0.1) is 0 Å². The van der Waals surface area contributed by atoms with Crippen LogP contribution in [0.3, 0.4) is 0 Å². The maximum Gasteiger partial charge on any atom is 0.318 e. The number of hydrogen-bond donors (Lipinski definition) is 2. The third kappa shape index (κ3) is 7.08. The van der Waals surface area contributed by atoms with Gasteiger partial charge >= 0.3 is 6.03 Å². The average Bonchev–Trinajstić information content (AvgIpc) is 3.21. The molecule has 3 rings (SSSR count). The lowest BCUT2D eigenvalue weighted by Gasteiger charge is -2.28. The van der Waals surface area contributed by atoms with Crippen molar-refractivity contribution in [1.29, 1.82) is 0 Å². The Morgan fingerprint density at radius 2 is 1.88 bits per heavy atom. The number of amides is 3. The van der Waals surface area contributed by atoms with Gasteiger partial charge in [0.2, 0.25) is 5.91 Å². The van der Waals surface area contributed by atoms with Crippen LogP contribution in [0.2, 0.25) is 0 Å². The molecule has 0 atom stereocenters. The zero-order chi connectivity index (χ0) is 24.7. The molecule has 1 aliphatic carbocycles. The van der Waals surface area contributed by atoms with E-state index in [-0.39, 0.29) is 29.9 Å². The fraction of sp³-hybridized carbons (Fsp3) is 0.593. The van der Waals surface area contributed by atoms with Crippen LogP contribution in [0.15, 0.2) is 30.3 Å². The highest BCUT2D eigenvalue weighted by Crippen LogP contribution is 2.26. The molecule has 1 aromatic carbocycles. The van der Waals surface area contributed by atoms with E-state index in [1.807, 2.05) is 37.3 Å². The molecule has 2 N–H and O–H groups in total. The lowest BCUT2D eigenvalue weighted by atomic mass is 9.92. The summed E-state index contributed by atoms with van der Waals surface area (Å²) in [6.07, 6.45) is 7.40. The van der Waals surface area contributed by atoms with Gasteiger partial charge in [0.25, 0.3) is 0 Å². The molecule has 1 saturated carbocycles. The summed E-state index contributed by atoms with van der Waals surface area (Å²) in [5, 5.41) is 11.0. The first-order chi connectivity index (χ1) is 16.2. The molecule has 0 spiro atoms. The standard InChI is InChI=1S/C27H41N5O2/c1-6-7-16-31(26(34)28-21-13-9-8-10-14-21)19-25(33)29-24-18-23(27(3,4)5)30-32(24)22-15-11-12-20(2)17-22/h11-12,15,17-18,21H,6-10,13-14,16,19H2,1-5H3,(H,28,34)(H,29,33). The van der Waals surface area contributed by atoms with Crippen LogP contribution in [0.1, 0.15) is 83.9 Å². The SMILES string of the molecule is CCCCN(CC(=O)Nc1cc(C(C)(C)C)nn1-c1cccc(C)c1)C(=O)NC1CCCCC1. The van der Waals surface area contributed by atoms with E-state index in [9.17, 15) is 9.59 Å². The molecular formula is C27H41N5O2. The van der Waals surface area contributed by atoms with Gasteiger partial charge in [-0.25, -0.2) is 9.48 Å². The van der Waals surface area contributed by atoms with Crippen LogP contribution in [0.25, 0.3) is 5.69 Å². The van der Waals surface area contributed by atoms with Crippen LogP contribution in [0.5, 0.6) is 0 Å². The molecule has 1 heterocycles. The summed E-state index contributed by atoms with van der Waals surface area (Å²) in [4.78, 5) is 27.7. The molecule has 0 unspecified atom stereocenters. The number of nitrogens with one attached hydrogen (secondary N) is 2. The van der Waals surface area contributed by atoms with Crippen LogP contribution >= 0.6 is 0 Å². The molecule has 2 aromatic rings. The maximum atomic E-state index is 13.1. The third-order valence-corrected chi connectivity index (χ3v) is 6.33. The second-order valence-electron chi connectivity index (χ2n) is 10.5. The highest BCUT2D eigenvalue weighted by Gasteiger charge is 2.24. The largest absolute Gasteiger partial charge is 0.335 e. The van der Waals surface area contributed by atoms with Gasteiger partial charge in [0.15, 0.2) is 0 Å². The molecule has 3 amide bonds. The highest BCUT2D eigenvalue weighted by molar-refractivity contribution is 5.94. The molecule has 34 heavy (non-hydrogen) atoms. The minimum Gasteiger partial charge on any atom is -0.335 e. The van der Waals surface area contributed by atoms with Crippen molar-refractivity contribution < 1.29 is 9.59 Å². The van der Waals surface area contributed by atoms with Crippen molar-refractivity contribution in [2.75, 3.05) is 18.4 Å². The van der Waals surface area contributed by atoms with Crippen molar-refractivity contribution in [3.8, 4) is 5.69 Å². The first-order valence-corrected chi connectivity index (χ1v) is 12.7. The second kappa shape index (κ2) is 11.5. The Morgan fingerprint density at radius 1 is 1.15 bits per heavy atom. The summed E-state index contributed by atoms with van der Waals surface area (Å²) in [7, 11) is 0. The minimum absolute atomic E-state index is 0.0163. The molecule has 0 aliphatic heterocycles. The van der Waals surface area contributed by atoms with Crippen molar-refractivity contribution in [2.45, 2.75) is 91.0 Å². The van der Waals surface area contributed by atoms with Gasteiger partial charge in [-0.1, -0.05) is 65.5 Å². The smallest absolute Gasteiger partial charge is 0.318 e. The summed E-state index contributed by atoms with van der Waals surface area (Å²) >= 11 is 0. The monoisotopic (exact) mass is 467 g/mol. The number of aromatic nitrogens is 2. The fourth-order valence-corrected chi connectivity index (χ4v) is 4.26. The number of benzene rings is 1. The summed E-state index contributed by atoms with van der Waals surface area (Å²) < 4.78 is 1.78. The summed E-state index contributed by atoms with van der Waals surface area (Å²) in [6.45, 7) is 11.0. The van der Waals surface area contributed by atoms with E-state index in [1.165, 1.54) is 6.42 Å². The topological polar surface area (TPSA) is 79.3 Å². The number of carbonyl (C=O) groups is 2.